The predicted octanol–water partition coefficient (Wildman–Crippen LogP) is 1.59. The van der Waals surface area contributed by atoms with Crippen molar-refractivity contribution in [1.29, 1.82) is 0 Å². The highest BCUT2D eigenvalue weighted by molar-refractivity contribution is 5.78. The van der Waals surface area contributed by atoms with E-state index in [1.807, 2.05) is 6.92 Å². The highest BCUT2D eigenvalue weighted by atomic mass is 19.1. The van der Waals surface area contributed by atoms with Gasteiger partial charge in [0.15, 0.2) is 0 Å². The molecule has 0 radical (unpaired) electrons. The Bertz CT molecular complexity index is 448. The molecule has 1 heterocycles. The standard InChI is InChI=1S/C10H12FN3/c1-6(12)2-7-3-8-5-13-14-10(8)4-9(7)11/h3-6H,2,12H2,1H3,(H,13,14). The molecule has 0 aliphatic rings. The monoisotopic (exact) mass is 193 g/mol. The molecule has 0 aliphatic carbocycles. The minimum atomic E-state index is -0.223. The van der Waals surface area contributed by atoms with Crippen LogP contribution in [0, 0.1) is 5.82 Å². The molecule has 3 N–H and O–H groups in total. The van der Waals surface area contributed by atoms with Crippen molar-refractivity contribution in [2.24, 2.45) is 5.73 Å². The fourth-order valence-electron chi connectivity index (χ4n) is 1.52. The molecule has 4 heteroatoms. The predicted molar refractivity (Wildman–Crippen MR) is 53.4 cm³/mol. The molecule has 1 aromatic heterocycles. The van der Waals surface area contributed by atoms with E-state index in [1.54, 1.807) is 12.3 Å². The maximum Gasteiger partial charge on any atom is 0.128 e. The van der Waals surface area contributed by atoms with Gasteiger partial charge in [0.05, 0.1) is 11.7 Å². The number of rotatable bonds is 2. The average molecular weight is 193 g/mol. The number of benzene rings is 1. The lowest BCUT2D eigenvalue weighted by molar-refractivity contribution is 0.598. The number of halogens is 1. The van der Waals surface area contributed by atoms with Gasteiger partial charge in [-0.25, -0.2) is 4.39 Å². The summed E-state index contributed by atoms with van der Waals surface area (Å²) in [5.41, 5.74) is 6.99. The van der Waals surface area contributed by atoms with Crippen molar-refractivity contribution in [3.05, 3.63) is 29.7 Å². The van der Waals surface area contributed by atoms with Crippen LogP contribution in [-0.2, 0) is 6.42 Å². The molecule has 74 valence electrons. The first-order valence-corrected chi connectivity index (χ1v) is 4.54. The van der Waals surface area contributed by atoms with Crippen molar-refractivity contribution in [3.8, 4) is 0 Å². The van der Waals surface area contributed by atoms with E-state index < -0.39 is 0 Å². The van der Waals surface area contributed by atoms with Crippen LogP contribution in [0.4, 0.5) is 4.39 Å². The third-order valence-electron chi connectivity index (χ3n) is 2.15. The number of aromatic nitrogens is 2. The van der Waals surface area contributed by atoms with E-state index in [9.17, 15) is 4.39 Å². The van der Waals surface area contributed by atoms with Gasteiger partial charge >= 0.3 is 0 Å². The van der Waals surface area contributed by atoms with Crippen molar-refractivity contribution < 1.29 is 4.39 Å². The van der Waals surface area contributed by atoms with Crippen molar-refractivity contribution >= 4 is 10.9 Å². The molecule has 0 fully saturated rings. The fourth-order valence-corrected chi connectivity index (χ4v) is 1.52. The summed E-state index contributed by atoms with van der Waals surface area (Å²) in [7, 11) is 0. The Morgan fingerprint density at radius 1 is 1.57 bits per heavy atom. The van der Waals surface area contributed by atoms with Gasteiger partial charge in [0, 0.05) is 11.4 Å². The van der Waals surface area contributed by atoms with Gasteiger partial charge in [0.1, 0.15) is 5.82 Å². The zero-order valence-corrected chi connectivity index (χ0v) is 7.92. The summed E-state index contributed by atoms with van der Waals surface area (Å²) < 4.78 is 13.5. The maximum absolute atomic E-state index is 13.5. The first-order chi connectivity index (χ1) is 6.66. The summed E-state index contributed by atoms with van der Waals surface area (Å²) >= 11 is 0. The molecule has 3 nitrogen and oxygen atoms in total. The van der Waals surface area contributed by atoms with Crippen LogP contribution in [0.25, 0.3) is 10.9 Å². The second-order valence-corrected chi connectivity index (χ2v) is 3.58. The van der Waals surface area contributed by atoms with Gasteiger partial charge in [-0.05, 0) is 31.0 Å². The molecule has 0 bridgehead atoms. The van der Waals surface area contributed by atoms with Crippen LogP contribution < -0.4 is 5.73 Å². The summed E-state index contributed by atoms with van der Waals surface area (Å²) in [5.74, 6) is -0.223. The lowest BCUT2D eigenvalue weighted by Gasteiger charge is -2.06. The van der Waals surface area contributed by atoms with Crippen LogP contribution in [-0.4, -0.2) is 16.2 Å². The van der Waals surface area contributed by atoms with Gasteiger partial charge in [-0.3, -0.25) is 5.10 Å². The third kappa shape index (κ3) is 1.61. The van der Waals surface area contributed by atoms with Crippen molar-refractivity contribution in [3.63, 3.8) is 0 Å². The van der Waals surface area contributed by atoms with Crippen LogP contribution >= 0.6 is 0 Å². The van der Waals surface area contributed by atoms with Crippen LogP contribution in [0.5, 0.6) is 0 Å². The van der Waals surface area contributed by atoms with Crippen molar-refractivity contribution in [2.75, 3.05) is 0 Å². The van der Waals surface area contributed by atoms with Gasteiger partial charge in [-0.15, -0.1) is 0 Å². The number of H-pyrrole nitrogens is 1. The van der Waals surface area contributed by atoms with Crippen LogP contribution in [0.15, 0.2) is 18.3 Å². The summed E-state index contributed by atoms with van der Waals surface area (Å²) in [4.78, 5) is 0. The molecule has 1 aromatic carbocycles. The topological polar surface area (TPSA) is 54.7 Å². The van der Waals surface area contributed by atoms with Crippen molar-refractivity contribution in [1.82, 2.24) is 10.2 Å². The molecule has 2 rings (SSSR count). The summed E-state index contributed by atoms with van der Waals surface area (Å²) in [6.07, 6.45) is 2.23. The second kappa shape index (κ2) is 3.38. The second-order valence-electron chi connectivity index (χ2n) is 3.58. The lowest BCUT2D eigenvalue weighted by atomic mass is 10.1. The van der Waals surface area contributed by atoms with Gasteiger partial charge in [-0.2, -0.15) is 5.10 Å². The quantitative estimate of drug-likeness (QED) is 0.761. The largest absolute Gasteiger partial charge is 0.328 e. The average Bonchev–Trinajstić information content (AvgIpc) is 2.51. The minimum Gasteiger partial charge on any atom is -0.328 e. The SMILES string of the molecule is CC(N)Cc1cc2cn[nH]c2cc1F. The number of fused-ring (bicyclic) bond motifs is 1. The number of nitrogens with two attached hydrogens (primary N) is 1. The maximum atomic E-state index is 13.5. The summed E-state index contributed by atoms with van der Waals surface area (Å²) in [6, 6.07) is 3.21. The zero-order valence-electron chi connectivity index (χ0n) is 7.92. The van der Waals surface area contributed by atoms with Crippen LogP contribution in [0.1, 0.15) is 12.5 Å². The van der Waals surface area contributed by atoms with E-state index in [-0.39, 0.29) is 11.9 Å². The first kappa shape index (κ1) is 9.15. The minimum absolute atomic E-state index is 0.0335. The number of nitrogens with zero attached hydrogens (tertiary/aromatic N) is 1. The number of nitrogens with one attached hydrogen (secondary N) is 1. The highest BCUT2D eigenvalue weighted by Gasteiger charge is 2.07. The molecule has 14 heavy (non-hydrogen) atoms. The molecule has 1 atom stereocenters. The molecule has 0 saturated heterocycles. The molecule has 0 amide bonds. The Kier molecular flexibility index (Phi) is 2.21. The molecule has 0 saturated carbocycles. The van der Waals surface area contributed by atoms with E-state index in [0.717, 1.165) is 10.9 Å². The van der Waals surface area contributed by atoms with Gasteiger partial charge in [-0.1, -0.05) is 0 Å². The van der Waals surface area contributed by atoms with Gasteiger partial charge < -0.3 is 5.73 Å². The van der Waals surface area contributed by atoms with Crippen LogP contribution in [0.3, 0.4) is 0 Å². The Labute approximate surface area is 81.1 Å². The number of aromatic amines is 1. The van der Waals surface area contributed by atoms with E-state index in [2.05, 4.69) is 10.2 Å². The van der Waals surface area contributed by atoms with E-state index in [1.165, 1.54) is 6.07 Å². The van der Waals surface area contributed by atoms with E-state index >= 15 is 0 Å². The summed E-state index contributed by atoms with van der Waals surface area (Å²) in [5, 5.41) is 7.48. The molecule has 0 spiro atoms. The molecular formula is C10H12FN3. The van der Waals surface area contributed by atoms with Gasteiger partial charge in [0.2, 0.25) is 0 Å². The lowest BCUT2D eigenvalue weighted by Crippen LogP contribution is -2.18. The fraction of sp³-hybridized carbons (Fsp3) is 0.300. The third-order valence-corrected chi connectivity index (χ3v) is 2.15. The Balaban J connectivity index is 2.48. The summed E-state index contributed by atoms with van der Waals surface area (Å²) in [6.45, 7) is 1.86. The molecular weight excluding hydrogens is 181 g/mol. The Morgan fingerprint density at radius 2 is 2.36 bits per heavy atom. The molecule has 0 aliphatic heterocycles. The van der Waals surface area contributed by atoms with E-state index in [4.69, 9.17) is 5.73 Å². The molecule has 2 aromatic rings. The highest BCUT2D eigenvalue weighted by Crippen LogP contribution is 2.17. The van der Waals surface area contributed by atoms with E-state index in [0.29, 0.717) is 12.0 Å². The first-order valence-electron chi connectivity index (χ1n) is 4.54. The number of hydrogen-bond acceptors (Lipinski definition) is 2. The smallest absolute Gasteiger partial charge is 0.128 e. The normalized spacial score (nSPS) is 13.4. The Hall–Kier alpha value is -1.42. The van der Waals surface area contributed by atoms with Gasteiger partial charge in [0.25, 0.3) is 0 Å². The van der Waals surface area contributed by atoms with Crippen LogP contribution in [0.2, 0.25) is 0 Å². The van der Waals surface area contributed by atoms with Crippen molar-refractivity contribution in [2.45, 2.75) is 19.4 Å². The molecule has 1 unspecified atom stereocenters. The number of hydrogen-bond donors (Lipinski definition) is 2. The Morgan fingerprint density at radius 3 is 3.07 bits per heavy atom. The zero-order chi connectivity index (χ0) is 10.1.